The second-order valence-electron chi connectivity index (χ2n) is 11.7. The summed E-state index contributed by atoms with van der Waals surface area (Å²) in [5.41, 5.74) is 7.49. The van der Waals surface area contributed by atoms with Crippen LogP contribution in [-0.4, -0.2) is 26.6 Å². The lowest BCUT2D eigenvalue weighted by molar-refractivity contribution is -0.140. The minimum Gasteiger partial charge on any atom is -0.486 e. The molecular formula is C35H30F3N5O4S. The Morgan fingerprint density at radius 1 is 1.00 bits per heavy atom. The molecule has 2 amide bonds. The first-order chi connectivity index (χ1) is 22.7. The quantitative estimate of drug-likeness (QED) is 0.161. The van der Waals surface area contributed by atoms with E-state index in [4.69, 9.17) is 14.9 Å². The van der Waals surface area contributed by atoms with Gasteiger partial charge in [0, 0.05) is 29.1 Å². The maximum absolute atomic E-state index is 13.9. The Hall–Kier alpha value is -5.43. The van der Waals surface area contributed by atoms with Crippen molar-refractivity contribution >= 4 is 39.1 Å². The zero-order valence-electron chi connectivity index (χ0n) is 26.3. The number of carbonyl (C=O) groups is 2. The van der Waals surface area contributed by atoms with Crippen molar-refractivity contribution in [1.82, 2.24) is 14.8 Å². The summed E-state index contributed by atoms with van der Waals surface area (Å²) < 4.78 is 54.7. The SMILES string of the molecule is Cc1c(-c2cc(C(F)(F)F)nc3sc(C(N)=O)c(NC(=O)c4ccc(COc5ccc(C(C)(C)c6ccccc6)cc5)o4)c23)cnn1C. The molecule has 0 atom stereocenters. The molecular weight excluding hydrogens is 643 g/mol. The van der Waals surface area contributed by atoms with Crippen molar-refractivity contribution in [2.45, 2.75) is 39.0 Å². The molecule has 0 aliphatic heterocycles. The average Bonchev–Trinajstić information content (AvgIpc) is 3.77. The Morgan fingerprint density at radius 2 is 1.69 bits per heavy atom. The van der Waals surface area contributed by atoms with Crippen LogP contribution in [0.15, 0.2) is 83.4 Å². The number of anilines is 1. The van der Waals surface area contributed by atoms with Gasteiger partial charge in [0.15, 0.2) is 5.76 Å². The molecule has 0 saturated carbocycles. The van der Waals surface area contributed by atoms with Crippen LogP contribution < -0.4 is 15.8 Å². The van der Waals surface area contributed by atoms with E-state index in [1.54, 1.807) is 20.0 Å². The summed E-state index contributed by atoms with van der Waals surface area (Å²) in [6.45, 7) is 6.01. The van der Waals surface area contributed by atoms with Crippen LogP contribution in [0.4, 0.5) is 18.9 Å². The maximum atomic E-state index is 13.9. The zero-order chi connectivity index (χ0) is 34.4. The van der Waals surface area contributed by atoms with Gasteiger partial charge in [0.05, 0.1) is 11.9 Å². The van der Waals surface area contributed by atoms with E-state index in [1.165, 1.54) is 22.5 Å². The van der Waals surface area contributed by atoms with E-state index in [0.29, 0.717) is 34.1 Å². The lowest BCUT2D eigenvalue weighted by Gasteiger charge is -2.26. The van der Waals surface area contributed by atoms with E-state index in [9.17, 15) is 22.8 Å². The number of rotatable bonds is 9. The standard InChI is InChI=1S/C35H30F3N5O4S/c1-19-25(17-40-43(19)4)24-16-27(35(36,37)38)41-33-28(24)29(30(48-33)31(39)44)42-32(45)26-15-14-23(47-26)18-46-22-12-10-21(11-13-22)34(2,3)20-8-6-5-7-9-20/h5-17H,18H2,1-4H3,(H2,39,44)(H,42,45). The third-order valence-electron chi connectivity index (χ3n) is 8.28. The lowest BCUT2D eigenvalue weighted by atomic mass is 9.78. The number of hydrogen-bond acceptors (Lipinski definition) is 7. The Labute approximate surface area is 277 Å². The van der Waals surface area contributed by atoms with Gasteiger partial charge in [-0.3, -0.25) is 14.3 Å². The van der Waals surface area contributed by atoms with Gasteiger partial charge >= 0.3 is 6.18 Å². The first-order valence-electron chi connectivity index (χ1n) is 14.8. The molecule has 0 spiro atoms. The average molecular weight is 674 g/mol. The molecule has 0 fully saturated rings. The van der Waals surface area contributed by atoms with Crippen LogP contribution in [0.5, 0.6) is 5.75 Å². The minimum atomic E-state index is -4.77. The van der Waals surface area contributed by atoms with E-state index < -0.39 is 23.7 Å². The van der Waals surface area contributed by atoms with Crippen molar-refractivity contribution in [2.75, 3.05) is 5.32 Å². The number of thiophene rings is 1. The number of carbonyl (C=O) groups excluding carboxylic acids is 2. The second kappa shape index (κ2) is 12.3. The molecule has 9 nitrogen and oxygen atoms in total. The van der Waals surface area contributed by atoms with Gasteiger partial charge < -0.3 is 20.2 Å². The predicted octanol–water partition coefficient (Wildman–Crippen LogP) is 7.87. The normalized spacial score (nSPS) is 12.0. The van der Waals surface area contributed by atoms with Crippen LogP contribution in [0.3, 0.4) is 0 Å². The minimum absolute atomic E-state index is 0.0250. The molecule has 0 saturated heterocycles. The van der Waals surface area contributed by atoms with Gasteiger partial charge in [0.25, 0.3) is 11.8 Å². The summed E-state index contributed by atoms with van der Waals surface area (Å²) >= 11 is 0.655. The smallest absolute Gasteiger partial charge is 0.433 e. The van der Waals surface area contributed by atoms with Crippen LogP contribution in [0, 0.1) is 6.92 Å². The highest BCUT2D eigenvalue weighted by Gasteiger charge is 2.35. The van der Waals surface area contributed by atoms with Gasteiger partial charge in [-0.25, -0.2) is 4.98 Å². The summed E-state index contributed by atoms with van der Waals surface area (Å²) in [5.74, 6) is -0.846. The molecule has 246 valence electrons. The van der Waals surface area contributed by atoms with Crippen molar-refractivity contribution in [2.24, 2.45) is 12.8 Å². The first-order valence-corrected chi connectivity index (χ1v) is 15.6. The first kappa shape index (κ1) is 32.5. The van der Waals surface area contributed by atoms with E-state index in [2.05, 4.69) is 41.4 Å². The van der Waals surface area contributed by atoms with E-state index in [-0.39, 0.29) is 44.1 Å². The summed E-state index contributed by atoms with van der Waals surface area (Å²) in [4.78, 5) is 29.3. The van der Waals surface area contributed by atoms with Crippen LogP contribution >= 0.6 is 11.3 Å². The van der Waals surface area contributed by atoms with Crippen molar-refractivity contribution in [3.05, 3.63) is 118 Å². The highest BCUT2D eigenvalue weighted by atomic mass is 32.1. The number of aromatic nitrogens is 3. The van der Waals surface area contributed by atoms with Crippen LogP contribution in [0.2, 0.25) is 0 Å². The fraction of sp³-hybridized carbons (Fsp3) is 0.200. The van der Waals surface area contributed by atoms with Crippen LogP contribution in [0.25, 0.3) is 21.3 Å². The van der Waals surface area contributed by atoms with Gasteiger partial charge in [-0.15, -0.1) is 11.3 Å². The molecule has 0 radical (unpaired) electrons. The summed E-state index contributed by atoms with van der Waals surface area (Å²) in [6, 6.07) is 21.8. The molecule has 3 N–H and O–H groups in total. The molecule has 6 rings (SSSR count). The zero-order valence-corrected chi connectivity index (χ0v) is 27.1. The van der Waals surface area contributed by atoms with E-state index in [1.807, 2.05) is 42.5 Å². The lowest BCUT2D eigenvalue weighted by Crippen LogP contribution is -2.18. The maximum Gasteiger partial charge on any atom is 0.433 e. The fourth-order valence-corrected chi connectivity index (χ4v) is 6.42. The van der Waals surface area contributed by atoms with E-state index in [0.717, 1.165) is 11.6 Å². The number of hydrogen-bond donors (Lipinski definition) is 2. The number of ether oxygens (including phenoxy) is 1. The highest BCUT2D eigenvalue weighted by Crippen LogP contribution is 2.44. The number of nitrogens with two attached hydrogens (primary N) is 1. The summed E-state index contributed by atoms with van der Waals surface area (Å²) in [5, 5.41) is 6.91. The van der Waals surface area contributed by atoms with Gasteiger partial charge in [-0.2, -0.15) is 18.3 Å². The molecule has 0 bridgehead atoms. The number of alkyl halides is 3. The number of benzene rings is 2. The molecule has 0 unspecified atom stereocenters. The van der Waals surface area contributed by atoms with Gasteiger partial charge in [-0.05, 0) is 53.9 Å². The van der Waals surface area contributed by atoms with Crippen LogP contribution in [0.1, 0.15) is 62.3 Å². The number of pyridine rings is 1. The molecule has 6 aromatic rings. The van der Waals surface area contributed by atoms with Gasteiger partial charge in [0.1, 0.15) is 33.5 Å². The van der Waals surface area contributed by atoms with Crippen molar-refractivity contribution < 1.29 is 31.9 Å². The Bertz CT molecular complexity index is 2150. The summed E-state index contributed by atoms with van der Waals surface area (Å²) in [7, 11) is 1.65. The Balaban J connectivity index is 1.24. The van der Waals surface area contributed by atoms with E-state index >= 15 is 0 Å². The van der Waals surface area contributed by atoms with Crippen LogP contribution in [-0.2, 0) is 25.2 Å². The number of fused-ring (bicyclic) bond motifs is 1. The molecule has 13 heteroatoms. The second-order valence-corrected chi connectivity index (χ2v) is 12.7. The molecule has 4 heterocycles. The third kappa shape index (κ3) is 6.16. The molecule has 4 aromatic heterocycles. The van der Waals surface area contributed by atoms with Crippen molar-refractivity contribution in [1.29, 1.82) is 0 Å². The molecule has 2 aromatic carbocycles. The number of furan rings is 1. The number of aryl methyl sites for hydroxylation is 1. The topological polar surface area (TPSA) is 125 Å². The summed E-state index contributed by atoms with van der Waals surface area (Å²) in [6.07, 6.45) is -3.36. The van der Waals surface area contributed by atoms with Crippen molar-refractivity contribution in [3.8, 4) is 16.9 Å². The van der Waals surface area contributed by atoms with Crippen molar-refractivity contribution in [3.63, 3.8) is 0 Å². The number of halogens is 3. The van der Waals surface area contributed by atoms with Gasteiger partial charge in [-0.1, -0.05) is 56.3 Å². The number of primary amides is 1. The largest absolute Gasteiger partial charge is 0.486 e. The molecule has 0 aliphatic rings. The number of nitrogens with zero attached hydrogens (tertiary/aromatic N) is 3. The monoisotopic (exact) mass is 673 g/mol. The Kier molecular flexibility index (Phi) is 8.33. The van der Waals surface area contributed by atoms with Gasteiger partial charge in [0.2, 0.25) is 0 Å². The fourth-order valence-electron chi connectivity index (χ4n) is 5.41. The number of nitrogens with one attached hydrogen (secondary N) is 1. The third-order valence-corrected chi connectivity index (χ3v) is 9.38. The molecule has 48 heavy (non-hydrogen) atoms. The Morgan fingerprint density at radius 3 is 2.31 bits per heavy atom. The molecule has 0 aliphatic carbocycles. The number of amides is 2. The predicted molar refractivity (Wildman–Crippen MR) is 176 cm³/mol. The highest BCUT2D eigenvalue weighted by molar-refractivity contribution is 7.21.